The topological polar surface area (TPSA) is 95.5 Å². The molecule has 0 aromatic carbocycles. The van der Waals surface area contributed by atoms with E-state index in [2.05, 4.69) is 17.8 Å². The monoisotopic (exact) mass is 362 g/mol. The first-order valence-electron chi connectivity index (χ1n) is 8.60. The molecule has 0 unspecified atom stereocenters. The predicted molar refractivity (Wildman–Crippen MR) is 93.9 cm³/mol. The van der Waals surface area contributed by atoms with Gasteiger partial charge in [-0.15, -0.1) is 11.3 Å². The molecule has 3 N–H and O–H groups in total. The fourth-order valence-corrected chi connectivity index (χ4v) is 4.81. The fourth-order valence-electron chi connectivity index (χ4n) is 3.84. The lowest BCUT2D eigenvalue weighted by molar-refractivity contribution is -0.153. The molecule has 0 spiro atoms. The lowest BCUT2D eigenvalue weighted by Gasteiger charge is -2.41. The summed E-state index contributed by atoms with van der Waals surface area (Å²) in [6, 6.07) is 1.82. The maximum Gasteiger partial charge on any atom is 0.307 e. The Morgan fingerprint density at radius 2 is 1.84 bits per heavy atom. The van der Waals surface area contributed by atoms with E-state index < -0.39 is 23.7 Å². The highest BCUT2D eigenvalue weighted by Gasteiger charge is 2.48. The first-order chi connectivity index (χ1) is 12.0. The highest BCUT2D eigenvalue weighted by atomic mass is 32.1. The van der Waals surface area contributed by atoms with Gasteiger partial charge in [0, 0.05) is 10.3 Å². The first-order valence-corrected chi connectivity index (χ1v) is 9.48. The Hall–Kier alpha value is -2.15. The smallest absolute Gasteiger partial charge is 0.307 e. The van der Waals surface area contributed by atoms with Gasteiger partial charge in [-0.2, -0.15) is 0 Å². The summed E-state index contributed by atoms with van der Waals surface area (Å²) in [5, 5.41) is 11.3. The number of hydrazine groups is 1. The van der Waals surface area contributed by atoms with Crippen LogP contribution < -0.4 is 10.9 Å². The van der Waals surface area contributed by atoms with Gasteiger partial charge < -0.3 is 5.11 Å². The van der Waals surface area contributed by atoms with Crippen molar-refractivity contribution in [1.29, 1.82) is 0 Å². The van der Waals surface area contributed by atoms with Crippen molar-refractivity contribution in [1.82, 2.24) is 10.9 Å². The van der Waals surface area contributed by atoms with Gasteiger partial charge in [0.15, 0.2) is 0 Å². The van der Waals surface area contributed by atoms with Crippen molar-refractivity contribution in [2.45, 2.75) is 32.6 Å². The molecule has 3 aliphatic rings. The third kappa shape index (κ3) is 3.61. The minimum Gasteiger partial charge on any atom is -0.481 e. The van der Waals surface area contributed by atoms with Gasteiger partial charge in [-0.1, -0.05) is 25.5 Å². The number of carbonyl (C=O) groups is 3. The summed E-state index contributed by atoms with van der Waals surface area (Å²) in [6.07, 6.45) is 7.38. The molecule has 1 saturated carbocycles. The van der Waals surface area contributed by atoms with Crippen LogP contribution in [0.25, 0.3) is 0 Å². The largest absolute Gasteiger partial charge is 0.481 e. The number of nitrogens with one attached hydrogen (secondary N) is 2. The van der Waals surface area contributed by atoms with E-state index in [1.165, 1.54) is 11.3 Å². The molecular formula is C18H22N2O4S. The Balaban J connectivity index is 1.62. The van der Waals surface area contributed by atoms with Gasteiger partial charge in [0.1, 0.15) is 0 Å². The van der Waals surface area contributed by atoms with E-state index >= 15 is 0 Å². The van der Waals surface area contributed by atoms with Gasteiger partial charge in [0.2, 0.25) is 5.91 Å². The molecule has 2 amide bonds. The number of fused-ring (bicyclic) bond motifs is 2. The number of hydrogen-bond donors (Lipinski definition) is 3. The maximum atomic E-state index is 12.5. The van der Waals surface area contributed by atoms with Crippen LogP contribution in [-0.2, 0) is 16.0 Å². The predicted octanol–water partition coefficient (Wildman–Crippen LogP) is 2.37. The van der Waals surface area contributed by atoms with E-state index in [1.54, 1.807) is 5.38 Å². The molecule has 0 radical (unpaired) electrons. The second-order valence-corrected chi connectivity index (χ2v) is 7.67. The van der Waals surface area contributed by atoms with Crippen molar-refractivity contribution in [3.05, 3.63) is 34.0 Å². The number of allylic oxidation sites excluding steroid dienone is 2. The number of thiophene rings is 1. The molecule has 25 heavy (non-hydrogen) atoms. The summed E-state index contributed by atoms with van der Waals surface area (Å²) in [7, 11) is 0. The van der Waals surface area contributed by atoms with Crippen molar-refractivity contribution < 1.29 is 19.5 Å². The lowest BCUT2D eigenvalue weighted by atomic mass is 9.62. The van der Waals surface area contributed by atoms with Crippen LogP contribution in [0.2, 0.25) is 0 Å². The molecule has 1 aromatic heterocycles. The van der Waals surface area contributed by atoms with Crippen LogP contribution >= 0.6 is 11.3 Å². The molecule has 4 rings (SSSR count). The average molecular weight is 362 g/mol. The third-order valence-corrected chi connectivity index (χ3v) is 6.04. The zero-order valence-corrected chi connectivity index (χ0v) is 14.8. The number of carboxylic acid groups (broad SMARTS) is 1. The summed E-state index contributed by atoms with van der Waals surface area (Å²) in [5.41, 5.74) is 5.36. The number of hydrogen-bond acceptors (Lipinski definition) is 4. The van der Waals surface area contributed by atoms with Crippen molar-refractivity contribution in [3.63, 3.8) is 0 Å². The number of aryl methyl sites for hydroxylation is 1. The Kier molecular flexibility index (Phi) is 5.22. The SMILES string of the molecule is CCCc1cc(C(=O)NNC(=O)[C@@H]2[C@@H](C(=O)O)[C@H]3C=C[C@H]2CC3)cs1. The standard InChI is InChI=1S/C18H22N2O4S/c1-2-3-13-8-12(9-25-13)16(21)19-20-17(22)14-10-4-6-11(7-5-10)15(14)18(23)24/h4,6,8-11,14-15H,2-3,5,7H2,1H3,(H,19,21)(H,20,22)(H,23,24)/t10-,11-,14-,15-/m0/s1. The van der Waals surface area contributed by atoms with Gasteiger partial charge in [0.05, 0.1) is 17.4 Å². The van der Waals surface area contributed by atoms with Crippen molar-refractivity contribution >= 4 is 29.1 Å². The van der Waals surface area contributed by atoms with Crippen molar-refractivity contribution in [2.24, 2.45) is 23.7 Å². The number of amides is 2. The molecule has 0 aliphatic heterocycles. The third-order valence-electron chi connectivity index (χ3n) is 5.05. The van der Waals surface area contributed by atoms with Gasteiger partial charge in [-0.05, 0) is 37.2 Å². The van der Waals surface area contributed by atoms with Crippen molar-refractivity contribution in [2.75, 3.05) is 0 Å². The van der Waals surface area contributed by atoms with Gasteiger partial charge in [-0.3, -0.25) is 25.2 Å². The molecule has 7 heteroatoms. The summed E-state index contributed by atoms with van der Waals surface area (Å²) in [4.78, 5) is 37.4. The zero-order valence-electron chi connectivity index (χ0n) is 14.0. The fraction of sp³-hybridized carbons (Fsp3) is 0.500. The molecule has 1 heterocycles. The molecule has 134 valence electrons. The van der Waals surface area contributed by atoms with Crippen LogP contribution in [0, 0.1) is 23.7 Å². The normalized spacial score (nSPS) is 27.1. The van der Waals surface area contributed by atoms with Crippen LogP contribution in [0.5, 0.6) is 0 Å². The van der Waals surface area contributed by atoms with E-state index in [-0.39, 0.29) is 17.7 Å². The van der Waals surface area contributed by atoms with E-state index in [9.17, 15) is 19.5 Å². The summed E-state index contributed by atoms with van der Waals surface area (Å²) in [6.45, 7) is 2.07. The summed E-state index contributed by atoms with van der Waals surface area (Å²) >= 11 is 1.52. The number of carbonyl (C=O) groups excluding carboxylic acids is 2. The highest BCUT2D eigenvalue weighted by molar-refractivity contribution is 7.10. The number of aliphatic carboxylic acids is 1. The quantitative estimate of drug-likeness (QED) is 0.553. The first kappa shape index (κ1) is 17.7. The Labute approximate surface area is 150 Å². The van der Waals surface area contributed by atoms with Crippen LogP contribution in [0.1, 0.15) is 41.4 Å². The number of rotatable bonds is 5. The van der Waals surface area contributed by atoms with E-state index in [4.69, 9.17) is 0 Å². The molecule has 0 saturated heterocycles. The van der Waals surface area contributed by atoms with Crippen LogP contribution in [0.3, 0.4) is 0 Å². The van der Waals surface area contributed by atoms with Gasteiger partial charge in [0.25, 0.3) is 5.91 Å². The maximum absolute atomic E-state index is 12.5. The van der Waals surface area contributed by atoms with Crippen LogP contribution in [0.15, 0.2) is 23.6 Å². The molecule has 6 nitrogen and oxygen atoms in total. The molecule has 1 fully saturated rings. The Bertz CT molecular complexity index is 712. The van der Waals surface area contributed by atoms with E-state index in [1.807, 2.05) is 18.2 Å². The molecule has 4 atom stereocenters. The van der Waals surface area contributed by atoms with Crippen LogP contribution in [0.4, 0.5) is 0 Å². The summed E-state index contributed by atoms with van der Waals surface area (Å²) < 4.78 is 0. The zero-order chi connectivity index (χ0) is 18.0. The minimum atomic E-state index is -0.951. The lowest BCUT2D eigenvalue weighted by Crippen LogP contribution is -2.53. The summed E-state index contributed by atoms with van der Waals surface area (Å²) in [5.74, 6) is -3.31. The minimum absolute atomic E-state index is 0.0830. The molecule has 1 aromatic rings. The Morgan fingerprint density at radius 3 is 2.44 bits per heavy atom. The Morgan fingerprint density at radius 1 is 1.16 bits per heavy atom. The van der Waals surface area contributed by atoms with Gasteiger partial charge >= 0.3 is 5.97 Å². The van der Waals surface area contributed by atoms with E-state index in [0.717, 1.165) is 30.6 Å². The molecule has 2 bridgehead atoms. The molecular weight excluding hydrogens is 340 g/mol. The van der Waals surface area contributed by atoms with Crippen molar-refractivity contribution in [3.8, 4) is 0 Å². The second-order valence-electron chi connectivity index (χ2n) is 6.67. The molecule has 3 aliphatic carbocycles. The van der Waals surface area contributed by atoms with E-state index in [0.29, 0.717) is 5.56 Å². The van der Waals surface area contributed by atoms with Gasteiger partial charge in [-0.25, -0.2) is 0 Å². The van der Waals surface area contributed by atoms with Crippen LogP contribution in [-0.4, -0.2) is 22.9 Å². The highest BCUT2D eigenvalue weighted by Crippen LogP contribution is 2.44. The second kappa shape index (κ2) is 7.39. The average Bonchev–Trinajstić information content (AvgIpc) is 3.08. The number of carboxylic acids is 1.